The number of benzene rings is 1. The van der Waals surface area contributed by atoms with Gasteiger partial charge in [-0.1, -0.05) is 12.1 Å². The predicted molar refractivity (Wildman–Crippen MR) is 90.0 cm³/mol. The van der Waals surface area contributed by atoms with Crippen LogP contribution in [-0.4, -0.2) is 50.8 Å². The maximum atomic E-state index is 12.6. The second-order valence-corrected chi connectivity index (χ2v) is 6.52. The Balaban J connectivity index is 1.65. The Bertz CT molecular complexity index is 728. The number of amides is 1. The van der Waals surface area contributed by atoms with Gasteiger partial charge in [0.15, 0.2) is 5.82 Å². The van der Waals surface area contributed by atoms with Crippen LogP contribution in [0.5, 0.6) is 5.75 Å². The zero-order valence-corrected chi connectivity index (χ0v) is 14.1. The number of rotatable bonds is 4. The lowest BCUT2D eigenvalue weighted by atomic mass is 9.93. The SMILES string of the molecule is Cc1cccc(OC[C@@]2(O)CCCN(C(=O)c3nccn3C)C2)c1. The Morgan fingerprint density at radius 3 is 3.00 bits per heavy atom. The number of imidazole rings is 1. The largest absolute Gasteiger partial charge is 0.491 e. The average molecular weight is 329 g/mol. The minimum Gasteiger partial charge on any atom is -0.491 e. The van der Waals surface area contributed by atoms with Crippen LogP contribution in [0.3, 0.4) is 0 Å². The molecular formula is C18H23N3O3. The van der Waals surface area contributed by atoms with E-state index in [9.17, 15) is 9.90 Å². The second kappa shape index (κ2) is 6.65. The zero-order chi connectivity index (χ0) is 17.2. The van der Waals surface area contributed by atoms with E-state index in [1.807, 2.05) is 31.2 Å². The Morgan fingerprint density at radius 1 is 1.46 bits per heavy atom. The van der Waals surface area contributed by atoms with Crippen molar-refractivity contribution in [2.24, 2.45) is 7.05 Å². The predicted octanol–water partition coefficient (Wildman–Crippen LogP) is 1.77. The van der Waals surface area contributed by atoms with E-state index in [4.69, 9.17) is 4.74 Å². The van der Waals surface area contributed by atoms with Gasteiger partial charge in [0, 0.05) is 26.0 Å². The molecule has 1 N–H and O–H groups in total. The molecule has 2 aromatic rings. The number of aromatic nitrogens is 2. The summed E-state index contributed by atoms with van der Waals surface area (Å²) in [6.07, 6.45) is 4.70. The Labute approximate surface area is 141 Å². The minimum atomic E-state index is -1.04. The number of ether oxygens (including phenoxy) is 1. The van der Waals surface area contributed by atoms with Crippen molar-refractivity contribution in [2.75, 3.05) is 19.7 Å². The molecule has 6 nitrogen and oxygen atoms in total. The monoisotopic (exact) mass is 329 g/mol. The molecule has 0 radical (unpaired) electrons. The number of hydrogen-bond acceptors (Lipinski definition) is 4. The molecule has 6 heteroatoms. The van der Waals surface area contributed by atoms with Crippen molar-refractivity contribution in [1.82, 2.24) is 14.5 Å². The Morgan fingerprint density at radius 2 is 2.29 bits per heavy atom. The van der Waals surface area contributed by atoms with E-state index in [1.165, 1.54) is 0 Å². The van der Waals surface area contributed by atoms with Crippen LogP contribution in [0.25, 0.3) is 0 Å². The molecule has 0 unspecified atom stereocenters. The molecule has 0 bridgehead atoms. The molecule has 1 amide bonds. The van der Waals surface area contributed by atoms with Gasteiger partial charge >= 0.3 is 0 Å². The number of nitrogens with zero attached hydrogens (tertiary/aromatic N) is 3. The number of carbonyl (C=O) groups is 1. The summed E-state index contributed by atoms with van der Waals surface area (Å²) in [6.45, 7) is 3.04. The van der Waals surface area contributed by atoms with Crippen LogP contribution in [0.1, 0.15) is 29.0 Å². The normalized spacial score (nSPS) is 20.9. The number of aliphatic hydroxyl groups is 1. The summed E-state index contributed by atoms with van der Waals surface area (Å²) in [7, 11) is 1.79. The molecule has 1 atom stereocenters. The first-order valence-corrected chi connectivity index (χ1v) is 8.15. The third-order valence-electron chi connectivity index (χ3n) is 4.35. The molecule has 0 saturated carbocycles. The smallest absolute Gasteiger partial charge is 0.289 e. The highest BCUT2D eigenvalue weighted by Gasteiger charge is 2.37. The number of hydrogen-bond donors (Lipinski definition) is 1. The summed E-state index contributed by atoms with van der Waals surface area (Å²) in [5.41, 5.74) is 0.0674. The van der Waals surface area contributed by atoms with Gasteiger partial charge in [0.2, 0.25) is 0 Å². The summed E-state index contributed by atoms with van der Waals surface area (Å²) in [4.78, 5) is 18.3. The Kier molecular flexibility index (Phi) is 4.57. The molecule has 1 aromatic heterocycles. The van der Waals surface area contributed by atoms with Gasteiger partial charge in [-0.05, 0) is 37.5 Å². The van der Waals surface area contributed by atoms with Crippen molar-refractivity contribution in [3.63, 3.8) is 0 Å². The van der Waals surface area contributed by atoms with Gasteiger partial charge in [-0.25, -0.2) is 4.98 Å². The molecular weight excluding hydrogens is 306 g/mol. The summed E-state index contributed by atoms with van der Waals surface area (Å²) in [5, 5.41) is 10.8. The lowest BCUT2D eigenvalue weighted by molar-refractivity contribution is -0.0534. The fourth-order valence-corrected chi connectivity index (χ4v) is 3.04. The van der Waals surface area contributed by atoms with Gasteiger partial charge in [0.05, 0.1) is 6.54 Å². The molecule has 0 aliphatic carbocycles. The number of piperidine rings is 1. The molecule has 1 aliphatic rings. The van der Waals surface area contributed by atoms with E-state index in [0.717, 1.165) is 17.7 Å². The highest BCUT2D eigenvalue weighted by atomic mass is 16.5. The summed E-state index contributed by atoms with van der Waals surface area (Å²) < 4.78 is 7.46. The van der Waals surface area contributed by atoms with Gasteiger partial charge in [-0.2, -0.15) is 0 Å². The number of aryl methyl sites for hydroxylation is 2. The van der Waals surface area contributed by atoms with Gasteiger partial charge in [0.1, 0.15) is 18.0 Å². The molecule has 1 aromatic carbocycles. The topological polar surface area (TPSA) is 67.6 Å². The summed E-state index contributed by atoms with van der Waals surface area (Å²) in [6, 6.07) is 7.72. The lowest BCUT2D eigenvalue weighted by Crippen LogP contribution is -2.53. The van der Waals surface area contributed by atoms with E-state index in [-0.39, 0.29) is 19.1 Å². The maximum Gasteiger partial charge on any atom is 0.289 e. The third kappa shape index (κ3) is 3.59. The standard InChI is InChI=1S/C18H23N3O3/c1-14-5-3-6-15(11-14)24-13-18(23)7-4-9-21(12-18)17(22)16-19-8-10-20(16)2/h3,5-6,8,10-11,23H,4,7,9,12-13H2,1-2H3/t18-/m1/s1. The molecule has 1 fully saturated rings. The van der Waals surface area contributed by atoms with E-state index >= 15 is 0 Å². The first-order valence-electron chi connectivity index (χ1n) is 8.15. The third-order valence-corrected chi connectivity index (χ3v) is 4.35. The maximum absolute atomic E-state index is 12.6. The summed E-state index contributed by atoms with van der Waals surface area (Å²) in [5.74, 6) is 0.964. The molecule has 1 saturated heterocycles. The van der Waals surface area contributed by atoms with E-state index in [0.29, 0.717) is 18.8 Å². The quantitative estimate of drug-likeness (QED) is 0.928. The molecule has 2 heterocycles. The van der Waals surface area contributed by atoms with Crippen molar-refractivity contribution in [3.05, 3.63) is 48.0 Å². The van der Waals surface area contributed by atoms with Crippen LogP contribution < -0.4 is 4.74 Å². The highest BCUT2D eigenvalue weighted by Crippen LogP contribution is 2.24. The van der Waals surface area contributed by atoms with Crippen LogP contribution in [0.4, 0.5) is 0 Å². The van der Waals surface area contributed by atoms with Crippen molar-refractivity contribution >= 4 is 5.91 Å². The average Bonchev–Trinajstić information content (AvgIpc) is 2.99. The first kappa shape index (κ1) is 16.5. The molecule has 1 aliphatic heterocycles. The molecule has 3 rings (SSSR count). The van der Waals surface area contributed by atoms with Crippen LogP contribution in [0.2, 0.25) is 0 Å². The van der Waals surface area contributed by atoms with Crippen LogP contribution >= 0.6 is 0 Å². The van der Waals surface area contributed by atoms with Crippen molar-refractivity contribution in [3.8, 4) is 5.75 Å². The minimum absolute atomic E-state index is 0.156. The number of likely N-dealkylation sites (tertiary alicyclic amines) is 1. The van der Waals surface area contributed by atoms with E-state index < -0.39 is 5.60 Å². The fourth-order valence-electron chi connectivity index (χ4n) is 3.04. The van der Waals surface area contributed by atoms with Crippen LogP contribution in [0.15, 0.2) is 36.7 Å². The Hall–Kier alpha value is -2.34. The molecule has 24 heavy (non-hydrogen) atoms. The van der Waals surface area contributed by atoms with E-state index in [2.05, 4.69) is 4.98 Å². The fraction of sp³-hybridized carbons (Fsp3) is 0.444. The molecule has 0 spiro atoms. The van der Waals surface area contributed by atoms with E-state index in [1.54, 1.807) is 28.9 Å². The van der Waals surface area contributed by atoms with Crippen molar-refractivity contribution in [2.45, 2.75) is 25.4 Å². The second-order valence-electron chi connectivity index (χ2n) is 6.52. The summed E-state index contributed by atoms with van der Waals surface area (Å²) >= 11 is 0. The van der Waals surface area contributed by atoms with Crippen LogP contribution in [0, 0.1) is 6.92 Å². The number of β-amino-alcohol motifs (C(OH)–C–C–N with tert-alkyl or cyclic N) is 1. The van der Waals surface area contributed by atoms with Gasteiger partial charge < -0.3 is 19.3 Å². The van der Waals surface area contributed by atoms with Gasteiger partial charge in [-0.15, -0.1) is 0 Å². The highest BCUT2D eigenvalue weighted by molar-refractivity contribution is 5.91. The van der Waals surface area contributed by atoms with Crippen LogP contribution in [-0.2, 0) is 7.05 Å². The zero-order valence-electron chi connectivity index (χ0n) is 14.1. The van der Waals surface area contributed by atoms with Gasteiger partial charge in [-0.3, -0.25) is 4.79 Å². The lowest BCUT2D eigenvalue weighted by Gasteiger charge is -2.38. The van der Waals surface area contributed by atoms with Crippen molar-refractivity contribution in [1.29, 1.82) is 0 Å². The molecule has 128 valence electrons. The van der Waals surface area contributed by atoms with Crippen molar-refractivity contribution < 1.29 is 14.6 Å². The van der Waals surface area contributed by atoms with Gasteiger partial charge in [0.25, 0.3) is 5.91 Å². The first-order chi connectivity index (χ1) is 11.5. The number of carbonyl (C=O) groups excluding carboxylic acids is 1.